The van der Waals surface area contributed by atoms with E-state index in [0.717, 1.165) is 16.7 Å². The molecule has 0 aliphatic rings. The average Bonchev–Trinajstić information content (AvgIpc) is 2.90. The van der Waals surface area contributed by atoms with Gasteiger partial charge in [-0.3, -0.25) is 0 Å². The molecule has 5 heteroatoms. The minimum atomic E-state index is -0.944. The molecule has 1 unspecified atom stereocenters. The van der Waals surface area contributed by atoms with Gasteiger partial charge >= 0.3 is 0 Å². The molecule has 0 aliphatic heterocycles. The molecule has 0 amide bonds. The highest BCUT2D eigenvalue weighted by Gasteiger charge is 2.13. The van der Waals surface area contributed by atoms with E-state index in [9.17, 15) is 10.2 Å². The molecule has 178 valence electrons. The molecule has 0 saturated carbocycles. The van der Waals surface area contributed by atoms with Crippen molar-refractivity contribution in [3.8, 4) is 23.0 Å². The Kier molecular flexibility index (Phi) is 8.04. The van der Waals surface area contributed by atoms with Gasteiger partial charge in [0.1, 0.15) is 42.3 Å². The fourth-order valence-electron chi connectivity index (χ4n) is 3.59. The zero-order valence-electron chi connectivity index (χ0n) is 19.5. The predicted molar refractivity (Wildman–Crippen MR) is 137 cm³/mol. The van der Waals surface area contributed by atoms with Gasteiger partial charge < -0.3 is 24.4 Å². The fraction of sp³-hybridized carbons (Fsp3) is 0.133. The zero-order valence-corrected chi connectivity index (χ0v) is 19.5. The van der Waals surface area contributed by atoms with Crippen molar-refractivity contribution >= 4 is 6.08 Å². The van der Waals surface area contributed by atoms with E-state index in [1.807, 2.05) is 78.9 Å². The molecular weight excluding hydrogens is 440 g/mol. The lowest BCUT2D eigenvalue weighted by Crippen LogP contribution is -2.01. The number of hydrogen-bond acceptors (Lipinski definition) is 5. The molecule has 4 aromatic carbocycles. The van der Waals surface area contributed by atoms with E-state index in [1.54, 1.807) is 25.3 Å². The van der Waals surface area contributed by atoms with Gasteiger partial charge in [0.2, 0.25) is 0 Å². The molecule has 0 fully saturated rings. The lowest BCUT2D eigenvalue weighted by Gasteiger charge is -2.15. The molecule has 0 aliphatic carbocycles. The molecule has 0 spiro atoms. The van der Waals surface area contributed by atoms with Gasteiger partial charge in [0.05, 0.1) is 7.11 Å². The van der Waals surface area contributed by atoms with E-state index < -0.39 is 6.10 Å². The molecule has 1 atom stereocenters. The van der Waals surface area contributed by atoms with Gasteiger partial charge in [-0.2, -0.15) is 0 Å². The van der Waals surface area contributed by atoms with E-state index in [-0.39, 0.29) is 5.75 Å². The Morgan fingerprint density at radius 3 is 2.06 bits per heavy atom. The third-order valence-corrected chi connectivity index (χ3v) is 5.46. The minimum Gasteiger partial charge on any atom is -0.508 e. The summed E-state index contributed by atoms with van der Waals surface area (Å²) in [6, 6.07) is 29.9. The van der Waals surface area contributed by atoms with Crippen molar-refractivity contribution in [1.29, 1.82) is 0 Å². The second kappa shape index (κ2) is 11.8. The first-order valence-corrected chi connectivity index (χ1v) is 11.3. The van der Waals surface area contributed by atoms with Gasteiger partial charge in [-0.05, 0) is 35.4 Å². The van der Waals surface area contributed by atoms with Crippen molar-refractivity contribution in [2.75, 3.05) is 7.11 Å². The fourth-order valence-corrected chi connectivity index (χ4v) is 3.59. The summed E-state index contributed by atoms with van der Waals surface area (Å²) < 4.78 is 17.3. The molecule has 0 radical (unpaired) electrons. The molecule has 4 aromatic rings. The van der Waals surface area contributed by atoms with Crippen LogP contribution >= 0.6 is 0 Å². The van der Waals surface area contributed by atoms with Crippen LogP contribution in [0.1, 0.15) is 28.4 Å². The van der Waals surface area contributed by atoms with Crippen LogP contribution in [0.15, 0.2) is 103 Å². The number of phenolic OH excluding ortho intramolecular Hbond substituents is 1. The lowest BCUT2D eigenvalue weighted by molar-refractivity contribution is 0.217. The SMILES string of the molecule is COc1cc(OCc2ccccc2)ccc1C=CC(O)c1ccc(O)cc1OCc1ccccc1. The highest BCUT2D eigenvalue weighted by atomic mass is 16.5. The minimum absolute atomic E-state index is 0.0701. The van der Waals surface area contributed by atoms with Crippen LogP contribution < -0.4 is 14.2 Å². The topological polar surface area (TPSA) is 68.2 Å². The summed E-state index contributed by atoms with van der Waals surface area (Å²) in [6.45, 7) is 0.788. The predicted octanol–water partition coefficient (Wildman–Crippen LogP) is 6.31. The van der Waals surface area contributed by atoms with Gasteiger partial charge in [-0.25, -0.2) is 0 Å². The maximum atomic E-state index is 10.9. The summed E-state index contributed by atoms with van der Waals surface area (Å²) in [5, 5.41) is 20.8. The first-order chi connectivity index (χ1) is 17.1. The second-order valence-corrected chi connectivity index (χ2v) is 7.98. The van der Waals surface area contributed by atoms with Crippen LogP contribution in [0.5, 0.6) is 23.0 Å². The highest BCUT2D eigenvalue weighted by molar-refractivity contribution is 5.60. The van der Waals surface area contributed by atoms with Gasteiger partial charge in [0.25, 0.3) is 0 Å². The van der Waals surface area contributed by atoms with Crippen LogP contribution in [0, 0.1) is 0 Å². The Hall–Kier alpha value is -4.22. The van der Waals surface area contributed by atoms with E-state index in [2.05, 4.69) is 0 Å². The van der Waals surface area contributed by atoms with E-state index >= 15 is 0 Å². The van der Waals surface area contributed by atoms with Crippen LogP contribution in [-0.2, 0) is 13.2 Å². The summed E-state index contributed by atoms with van der Waals surface area (Å²) in [4.78, 5) is 0. The summed E-state index contributed by atoms with van der Waals surface area (Å²) >= 11 is 0. The number of aliphatic hydroxyl groups excluding tert-OH is 1. The molecule has 0 bridgehead atoms. The Labute approximate surface area is 205 Å². The Morgan fingerprint density at radius 2 is 1.40 bits per heavy atom. The number of hydrogen-bond donors (Lipinski definition) is 2. The molecule has 5 nitrogen and oxygen atoms in total. The lowest BCUT2D eigenvalue weighted by atomic mass is 10.1. The molecule has 4 rings (SSSR count). The molecule has 0 heterocycles. The van der Waals surface area contributed by atoms with Gasteiger partial charge in [0.15, 0.2) is 0 Å². The molecule has 2 N–H and O–H groups in total. The maximum absolute atomic E-state index is 10.9. The number of ether oxygens (including phenoxy) is 3. The first kappa shape index (κ1) is 23.9. The Balaban J connectivity index is 1.46. The third-order valence-electron chi connectivity index (χ3n) is 5.46. The molecule has 0 aromatic heterocycles. The van der Waals surface area contributed by atoms with Crippen LogP contribution in [0.2, 0.25) is 0 Å². The van der Waals surface area contributed by atoms with Crippen LogP contribution in [0.4, 0.5) is 0 Å². The van der Waals surface area contributed by atoms with Crippen molar-refractivity contribution in [2.45, 2.75) is 19.3 Å². The quantitative estimate of drug-likeness (QED) is 0.286. The monoisotopic (exact) mass is 468 g/mol. The number of rotatable bonds is 10. The van der Waals surface area contributed by atoms with Crippen LogP contribution in [0.25, 0.3) is 6.08 Å². The zero-order chi connectivity index (χ0) is 24.5. The molecule has 35 heavy (non-hydrogen) atoms. The summed E-state index contributed by atoms with van der Waals surface area (Å²) in [6.07, 6.45) is 2.50. The van der Waals surface area contributed by atoms with Gasteiger partial charge in [-0.15, -0.1) is 0 Å². The van der Waals surface area contributed by atoms with Crippen molar-refractivity contribution in [3.05, 3.63) is 125 Å². The highest BCUT2D eigenvalue weighted by Crippen LogP contribution is 2.32. The number of benzene rings is 4. The summed E-state index contributed by atoms with van der Waals surface area (Å²) in [5.41, 5.74) is 3.42. The van der Waals surface area contributed by atoms with Crippen molar-refractivity contribution < 1.29 is 24.4 Å². The standard InChI is InChI=1S/C30H28O5/c1-33-29-19-26(34-20-22-8-4-2-5-9-22)15-12-24(29)13-17-28(32)27-16-14-25(31)18-30(27)35-21-23-10-6-3-7-11-23/h2-19,28,31-32H,20-21H2,1H3. The van der Waals surface area contributed by atoms with E-state index in [0.29, 0.717) is 36.0 Å². The number of phenols is 1. The molecule has 0 saturated heterocycles. The average molecular weight is 469 g/mol. The van der Waals surface area contributed by atoms with Crippen molar-refractivity contribution in [2.24, 2.45) is 0 Å². The van der Waals surface area contributed by atoms with Crippen LogP contribution in [-0.4, -0.2) is 17.3 Å². The molecular formula is C30H28O5. The normalized spacial score (nSPS) is 11.8. The number of aromatic hydroxyl groups is 1. The summed E-state index contributed by atoms with van der Waals surface area (Å²) in [7, 11) is 1.60. The smallest absolute Gasteiger partial charge is 0.129 e. The van der Waals surface area contributed by atoms with Crippen LogP contribution in [0.3, 0.4) is 0 Å². The Bertz CT molecular complexity index is 1250. The number of aliphatic hydroxyl groups is 1. The van der Waals surface area contributed by atoms with Gasteiger partial charge in [-0.1, -0.05) is 72.8 Å². The first-order valence-electron chi connectivity index (χ1n) is 11.3. The Morgan fingerprint density at radius 1 is 0.743 bits per heavy atom. The number of methoxy groups -OCH3 is 1. The van der Waals surface area contributed by atoms with E-state index in [4.69, 9.17) is 14.2 Å². The second-order valence-electron chi connectivity index (χ2n) is 7.98. The maximum Gasteiger partial charge on any atom is 0.129 e. The van der Waals surface area contributed by atoms with Crippen molar-refractivity contribution in [1.82, 2.24) is 0 Å². The van der Waals surface area contributed by atoms with Crippen molar-refractivity contribution in [3.63, 3.8) is 0 Å². The van der Waals surface area contributed by atoms with E-state index in [1.165, 1.54) is 12.1 Å². The third kappa shape index (κ3) is 6.65. The largest absolute Gasteiger partial charge is 0.508 e. The summed E-state index contributed by atoms with van der Waals surface area (Å²) in [5.74, 6) is 1.81. The van der Waals surface area contributed by atoms with Gasteiger partial charge in [0, 0.05) is 23.3 Å².